The summed E-state index contributed by atoms with van der Waals surface area (Å²) >= 11 is 0. The molecule has 0 aliphatic carbocycles. The van der Waals surface area contributed by atoms with Crippen LogP contribution in [0.1, 0.15) is 12.8 Å². The predicted molar refractivity (Wildman–Crippen MR) is 47.7 cm³/mol. The second-order valence-electron chi connectivity index (χ2n) is 3.74. The van der Waals surface area contributed by atoms with Crippen molar-refractivity contribution < 1.29 is 49.6 Å². The summed E-state index contributed by atoms with van der Waals surface area (Å²) in [6, 6.07) is 0. The Labute approximate surface area is 102 Å². The summed E-state index contributed by atoms with van der Waals surface area (Å²) in [5.74, 6) is -6.90. The molecule has 1 unspecified atom stereocenters. The van der Waals surface area contributed by atoms with Gasteiger partial charge in [-0.25, -0.2) is 22.1 Å². The number of halogens is 7. The van der Waals surface area contributed by atoms with Crippen LogP contribution in [0.15, 0.2) is 0 Å². The Morgan fingerprint density at radius 2 is 1.53 bits per heavy atom. The third-order valence-electron chi connectivity index (χ3n) is 1.88. The van der Waals surface area contributed by atoms with E-state index in [9.17, 15) is 35.3 Å². The first-order valence-corrected chi connectivity index (χ1v) is 6.19. The van der Waals surface area contributed by atoms with Crippen LogP contribution >= 0.6 is 7.82 Å². The van der Waals surface area contributed by atoms with Crippen molar-refractivity contribution in [2.24, 2.45) is 5.92 Å². The SMILES string of the molecule is O=P(O)(O)OCC(CC(F)(F)F)CC(F)(F)C(F)F. The molecule has 0 fully saturated rings. The van der Waals surface area contributed by atoms with Crippen molar-refractivity contribution in [3.63, 3.8) is 0 Å². The molecule has 0 aromatic heterocycles. The average Bonchev–Trinajstić information content (AvgIpc) is 2.09. The van der Waals surface area contributed by atoms with Gasteiger partial charge in [-0.3, -0.25) is 4.52 Å². The van der Waals surface area contributed by atoms with Crippen LogP contribution in [-0.2, 0) is 9.09 Å². The van der Waals surface area contributed by atoms with Gasteiger partial charge in [0.15, 0.2) is 0 Å². The molecule has 0 spiro atoms. The standard InChI is InChI=1S/C7H10F7O4P/c8-5(9)6(10,11)1-4(2-7(12,13)14)3-18-19(15,16)17/h4-5H,1-3H2,(H2,15,16,17). The smallest absolute Gasteiger partial charge is 0.303 e. The van der Waals surface area contributed by atoms with Crippen LogP contribution in [0.3, 0.4) is 0 Å². The highest BCUT2D eigenvalue weighted by Gasteiger charge is 2.45. The fraction of sp³-hybridized carbons (Fsp3) is 1.00. The molecule has 0 aliphatic heterocycles. The third kappa shape index (κ3) is 9.20. The summed E-state index contributed by atoms with van der Waals surface area (Å²) in [5.41, 5.74) is 0. The Balaban J connectivity index is 4.73. The first kappa shape index (κ1) is 18.6. The summed E-state index contributed by atoms with van der Waals surface area (Å²) in [6.45, 7) is -1.41. The number of hydrogen-bond donors (Lipinski definition) is 2. The van der Waals surface area contributed by atoms with Crippen molar-refractivity contribution >= 4 is 7.82 Å². The van der Waals surface area contributed by atoms with Crippen LogP contribution in [0.25, 0.3) is 0 Å². The van der Waals surface area contributed by atoms with Crippen molar-refractivity contribution in [3.05, 3.63) is 0 Å². The fourth-order valence-corrected chi connectivity index (χ4v) is 1.60. The molecule has 0 saturated heterocycles. The quantitative estimate of drug-likeness (QED) is 0.559. The van der Waals surface area contributed by atoms with Gasteiger partial charge in [0.2, 0.25) is 0 Å². The number of phosphoric acid groups is 1. The Morgan fingerprint density at radius 1 is 1.05 bits per heavy atom. The number of phosphoric ester groups is 1. The second-order valence-corrected chi connectivity index (χ2v) is 4.98. The molecule has 0 radical (unpaired) electrons. The monoisotopic (exact) mass is 322 g/mol. The summed E-state index contributed by atoms with van der Waals surface area (Å²) in [6.07, 6.45) is -13.0. The van der Waals surface area contributed by atoms with Crippen molar-refractivity contribution in [1.82, 2.24) is 0 Å². The first-order valence-electron chi connectivity index (χ1n) is 4.66. The Hall–Kier alpha value is -0.380. The van der Waals surface area contributed by atoms with Gasteiger partial charge in [0.1, 0.15) is 0 Å². The van der Waals surface area contributed by atoms with Crippen LogP contribution in [-0.4, -0.2) is 34.9 Å². The molecule has 0 aromatic rings. The average molecular weight is 322 g/mol. The minimum Gasteiger partial charge on any atom is -0.303 e. The van der Waals surface area contributed by atoms with E-state index in [0.29, 0.717) is 0 Å². The van der Waals surface area contributed by atoms with Gasteiger partial charge >= 0.3 is 26.3 Å². The topological polar surface area (TPSA) is 66.8 Å². The summed E-state index contributed by atoms with van der Waals surface area (Å²) in [7, 11) is -5.17. The lowest BCUT2D eigenvalue weighted by molar-refractivity contribution is -0.172. The molecule has 19 heavy (non-hydrogen) atoms. The largest absolute Gasteiger partial charge is 0.469 e. The predicted octanol–water partition coefficient (Wildman–Crippen LogP) is 2.95. The Kier molecular flexibility index (Phi) is 6.25. The number of hydrogen-bond acceptors (Lipinski definition) is 2. The van der Waals surface area contributed by atoms with Gasteiger partial charge in [-0.05, 0) is 5.92 Å². The zero-order valence-electron chi connectivity index (χ0n) is 9.08. The van der Waals surface area contributed by atoms with Gasteiger partial charge in [0.25, 0.3) is 0 Å². The van der Waals surface area contributed by atoms with Gasteiger partial charge in [-0.1, -0.05) is 0 Å². The first-order chi connectivity index (χ1) is 8.23. The van der Waals surface area contributed by atoms with Crippen LogP contribution in [0.2, 0.25) is 0 Å². The molecule has 12 heteroatoms. The van der Waals surface area contributed by atoms with Gasteiger partial charge < -0.3 is 9.79 Å². The summed E-state index contributed by atoms with van der Waals surface area (Å²) in [4.78, 5) is 16.5. The van der Waals surface area contributed by atoms with E-state index in [1.54, 1.807) is 0 Å². The molecule has 1 atom stereocenters. The van der Waals surface area contributed by atoms with E-state index in [4.69, 9.17) is 9.79 Å². The molecule has 2 N–H and O–H groups in total. The summed E-state index contributed by atoms with van der Waals surface area (Å²) in [5, 5.41) is 0. The van der Waals surface area contributed by atoms with Crippen LogP contribution in [0.4, 0.5) is 30.7 Å². The summed E-state index contributed by atoms with van der Waals surface area (Å²) < 4.78 is 98.9. The highest BCUT2D eigenvalue weighted by atomic mass is 31.2. The van der Waals surface area contributed by atoms with Gasteiger partial charge in [0, 0.05) is 12.8 Å². The van der Waals surface area contributed by atoms with Gasteiger partial charge in [-0.2, -0.15) is 13.2 Å². The van der Waals surface area contributed by atoms with Gasteiger partial charge in [-0.15, -0.1) is 0 Å². The molecular weight excluding hydrogens is 312 g/mol. The van der Waals surface area contributed by atoms with Crippen molar-refractivity contribution in [2.75, 3.05) is 6.61 Å². The van der Waals surface area contributed by atoms with Crippen LogP contribution < -0.4 is 0 Å². The molecule has 0 amide bonds. The molecule has 0 aliphatic rings. The van der Waals surface area contributed by atoms with E-state index in [1.165, 1.54) is 0 Å². The molecule has 0 aromatic carbocycles. The van der Waals surface area contributed by atoms with E-state index in [1.807, 2.05) is 0 Å². The van der Waals surface area contributed by atoms with E-state index < -0.39 is 51.7 Å². The minimum absolute atomic E-state index is 1.41. The minimum atomic E-state index is -5.17. The highest BCUT2D eigenvalue weighted by molar-refractivity contribution is 7.46. The Bertz CT molecular complexity index is 326. The van der Waals surface area contributed by atoms with E-state index in [0.717, 1.165) is 0 Å². The van der Waals surface area contributed by atoms with Crippen molar-refractivity contribution in [1.29, 1.82) is 0 Å². The van der Waals surface area contributed by atoms with Gasteiger partial charge in [0.05, 0.1) is 6.61 Å². The maximum Gasteiger partial charge on any atom is 0.469 e. The van der Waals surface area contributed by atoms with Crippen molar-refractivity contribution in [2.45, 2.75) is 31.4 Å². The molecule has 0 heterocycles. The van der Waals surface area contributed by atoms with Crippen molar-refractivity contribution in [3.8, 4) is 0 Å². The molecule has 0 saturated carbocycles. The maximum atomic E-state index is 12.6. The molecule has 116 valence electrons. The lowest BCUT2D eigenvalue weighted by Crippen LogP contribution is -2.32. The Morgan fingerprint density at radius 3 is 1.84 bits per heavy atom. The number of rotatable bonds is 7. The lowest BCUT2D eigenvalue weighted by atomic mass is 9.98. The maximum absolute atomic E-state index is 12.6. The van der Waals surface area contributed by atoms with E-state index in [2.05, 4.69) is 4.52 Å². The molecule has 0 rings (SSSR count). The zero-order valence-corrected chi connectivity index (χ0v) is 9.97. The van der Waals surface area contributed by atoms with Crippen LogP contribution in [0, 0.1) is 5.92 Å². The second kappa shape index (κ2) is 6.38. The third-order valence-corrected chi connectivity index (χ3v) is 2.36. The number of alkyl halides is 7. The lowest BCUT2D eigenvalue weighted by Gasteiger charge is -2.23. The molecular formula is C7H10F7O4P. The molecule has 0 bridgehead atoms. The van der Waals surface area contributed by atoms with E-state index >= 15 is 0 Å². The van der Waals surface area contributed by atoms with Crippen LogP contribution in [0.5, 0.6) is 0 Å². The fourth-order valence-electron chi connectivity index (χ4n) is 1.19. The molecule has 4 nitrogen and oxygen atoms in total. The zero-order chi connectivity index (χ0) is 15.5. The normalized spacial score (nSPS) is 15.9. The van der Waals surface area contributed by atoms with E-state index in [-0.39, 0.29) is 0 Å². The highest BCUT2D eigenvalue weighted by Crippen LogP contribution is 2.40.